The van der Waals surface area contributed by atoms with E-state index < -0.39 is 73.3 Å². The summed E-state index contributed by atoms with van der Waals surface area (Å²) in [6.45, 7) is 2.07. The Bertz CT molecular complexity index is 1830. The van der Waals surface area contributed by atoms with Crippen molar-refractivity contribution in [3.63, 3.8) is 0 Å². The number of alkyl halides is 13. The fourth-order valence-corrected chi connectivity index (χ4v) is 4.94. The highest BCUT2D eigenvalue weighted by Crippen LogP contribution is 2.60. The SMILES string of the molecule is CCCCCC[C@H](C)OC(=O)c1ccc(-c2ccc(OC(=O)c3ccc(OCCCOC(=O)C(F)(F)C(F)(F)C(F)(F)C(F)(F)C(F)(F)C(F)(F)F)cc3)cc2)cc1. The minimum Gasteiger partial charge on any atom is -0.493 e. The van der Waals surface area contributed by atoms with Crippen molar-refractivity contribution < 1.29 is 90.4 Å². The Morgan fingerprint density at radius 3 is 1.57 bits per heavy atom. The monoisotopic (exact) mass is 850 g/mol. The van der Waals surface area contributed by atoms with Gasteiger partial charge in [-0.2, -0.15) is 57.1 Å². The maximum Gasteiger partial charge on any atom is 0.460 e. The van der Waals surface area contributed by atoms with Gasteiger partial charge in [-0.15, -0.1) is 0 Å². The molecule has 3 aromatic rings. The van der Waals surface area contributed by atoms with Crippen molar-refractivity contribution in [3.8, 4) is 22.6 Å². The Morgan fingerprint density at radius 1 is 0.552 bits per heavy atom. The maximum absolute atomic E-state index is 13.9. The number of benzene rings is 3. The van der Waals surface area contributed by atoms with E-state index in [1.165, 1.54) is 36.4 Å². The molecule has 0 bridgehead atoms. The Morgan fingerprint density at radius 2 is 1.03 bits per heavy atom. The Balaban J connectivity index is 1.48. The largest absolute Gasteiger partial charge is 0.493 e. The van der Waals surface area contributed by atoms with Gasteiger partial charge >= 0.3 is 53.7 Å². The van der Waals surface area contributed by atoms with Gasteiger partial charge in [0.25, 0.3) is 0 Å². The molecule has 20 heteroatoms. The molecule has 0 spiro atoms. The van der Waals surface area contributed by atoms with Crippen LogP contribution >= 0.6 is 0 Å². The molecule has 0 amide bonds. The van der Waals surface area contributed by atoms with E-state index in [2.05, 4.69) is 11.7 Å². The summed E-state index contributed by atoms with van der Waals surface area (Å²) in [5.41, 5.74) is 1.91. The van der Waals surface area contributed by atoms with Crippen LogP contribution in [0.25, 0.3) is 11.1 Å². The highest BCUT2D eigenvalue weighted by atomic mass is 19.4. The fraction of sp³-hybridized carbons (Fsp3) is 0.447. The molecule has 320 valence electrons. The lowest BCUT2D eigenvalue weighted by atomic mass is 9.94. The molecule has 7 nitrogen and oxygen atoms in total. The van der Waals surface area contributed by atoms with Crippen molar-refractivity contribution in [2.75, 3.05) is 13.2 Å². The minimum absolute atomic E-state index is 0.00670. The molecule has 0 saturated carbocycles. The molecule has 1 atom stereocenters. The number of hydrogen-bond donors (Lipinski definition) is 0. The van der Waals surface area contributed by atoms with E-state index in [-0.39, 0.29) is 23.2 Å². The highest BCUT2D eigenvalue weighted by Gasteiger charge is 2.92. The average Bonchev–Trinajstić information content (AvgIpc) is 3.16. The summed E-state index contributed by atoms with van der Waals surface area (Å²) in [5, 5.41) is 0. The maximum atomic E-state index is 13.9. The van der Waals surface area contributed by atoms with E-state index in [0.717, 1.165) is 43.2 Å². The Labute approximate surface area is 322 Å². The Hall–Kier alpha value is -5.04. The number of esters is 3. The molecule has 0 N–H and O–H groups in total. The van der Waals surface area contributed by atoms with Crippen LogP contribution in [-0.2, 0) is 14.3 Å². The zero-order valence-electron chi connectivity index (χ0n) is 30.4. The van der Waals surface area contributed by atoms with Gasteiger partial charge in [0, 0.05) is 6.42 Å². The van der Waals surface area contributed by atoms with Crippen molar-refractivity contribution >= 4 is 17.9 Å². The molecular weight excluding hydrogens is 815 g/mol. The summed E-state index contributed by atoms with van der Waals surface area (Å²) >= 11 is 0. The van der Waals surface area contributed by atoms with Crippen molar-refractivity contribution in [2.24, 2.45) is 0 Å². The number of hydrogen-bond acceptors (Lipinski definition) is 7. The smallest absolute Gasteiger partial charge is 0.460 e. The van der Waals surface area contributed by atoms with E-state index in [4.69, 9.17) is 14.2 Å². The quantitative estimate of drug-likeness (QED) is 0.0484. The molecule has 3 aromatic carbocycles. The van der Waals surface area contributed by atoms with Crippen LogP contribution in [0.4, 0.5) is 57.1 Å². The molecule has 0 radical (unpaired) electrons. The van der Waals surface area contributed by atoms with Crippen LogP contribution in [0, 0.1) is 0 Å². The molecule has 0 aliphatic rings. The molecule has 3 rings (SSSR count). The number of unbranched alkanes of at least 4 members (excludes halogenated alkanes) is 3. The molecule has 0 aliphatic carbocycles. The van der Waals surface area contributed by atoms with Gasteiger partial charge < -0.3 is 18.9 Å². The molecule has 0 heterocycles. The lowest BCUT2D eigenvalue weighted by molar-refractivity contribution is -0.437. The first kappa shape index (κ1) is 47.3. The van der Waals surface area contributed by atoms with Crippen LogP contribution < -0.4 is 9.47 Å². The van der Waals surface area contributed by atoms with Crippen molar-refractivity contribution in [3.05, 3.63) is 83.9 Å². The van der Waals surface area contributed by atoms with Gasteiger partial charge in [-0.05, 0) is 79.4 Å². The molecule has 0 aliphatic heterocycles. The van der Waals surface area contributed by atoms with Crippen LogP contribution in [0.5, 0.6) is 11.5 Å². The van der Waals surface area contributed by atoms with Crippen molar-refractivity contribution in [2.45, 2.75) is 94.3 Å². The molecule has 58 heavy (non-hydrogen) atoms. The number of carbonyl (C=O) groups excluding carboxylic acids is 3. The second kappa shape index (κ2) is 18.7. The van der Waals surface area contributed by atoms with Gasteiger partial charge in [0.05, 0.1) is 30.4 Å². The van der Waals surface area contributed by atoms with Crippen LogP contribution in [-0.4, -0.2) is 73.0 Å². The number of ether oxygens (including phenoxy) is 4. The van der Waals surface area contributed by atoms with Gasteiger partial charge in [0.2, 0.25) is 0 Å². The first-order valence-corrected chi connectivity index (χ1v) is 17.3. The molecular formula is C38H35F13O7. The minimum atomic E-state index is -8.14. The zero-order chi connectivity index (χ0) is 43.7. The zero-order valence-corrected chi connectivity index (χ0v) is 30.4. The van der Waals surface area contributed by atoms with Gasteiger partial charge in [-0.25, -0.2) is 14.4 Å². The number of carbonyl (C=O) groups is 3. The van der Waals surface area contributed by atoms with E-state index in [1.807, 2.05) is 6.92 Å². The Kier molecular flexibility index (Phi) is 15.3. The summed E-state index contributed by atoms with van der Waals surface area (Å²) in [4.78, 5) is 36.6. The normalized spacial score (nSPS) is 13.4. The predicted octanol–water partition coefficient (Wildman–Crippen LogP) is 11.1. The van der Waals surface area contributed by atoms with Crippen molar-refractivity contribution in [1.29, 1.82) is 0 Å². The summed E-state index contributed by atoms with van der Waals surface area (Å²) in [6.07, 6.45) is -3.39. The third-order valence-electron chi connectivity index (χ3n) is 8.36. The molecule has 0 aromatic heterocycles. The van der Waals surface area contributed by atoms with Gasteiger partial charge in [0.15, 0.2) is 0 Å². The van der Waals surface area contributed by atoms with Crippen LogP contribution in [0.3, 0.4) is 0 Å². The number of halogens is 13. The fourth-order valence-electron chi connectivity index (χ4n) is 4.94. The molecule has 0 unspecified atom stereocenters. The first-order valence-electron chi connectivity index (χ1n) is 17.3. The third-order valence-corrected chi connectivity index (χ3v) is 8.36. The first-order chi connectivity index (χ1) is 26.8. The van der Waals surface area contributed by atoms with E-state index in [9.17, 15) is 71.5 Å². The standard InChI is InChI=1S/C38H35F13O7/c1-3-4-5-6-8-23(2)57-30(52)26-11-9-24(10-12-26)25-13-19-29(20-14-25)58-31(53)27-15-17-28(18-16-27)55-21-7-22-56-32(54)33(39,40)34(41,42)35(43,44)36(45,46)37(47,48)38(49,50)51/h9-20,23H,3-8,21-22H2,1-2H3/t23-/m0/s1. The molecule has 0 saturated heterocycles. The molecule has 0 fully saturated rings. The van der Waals surface area contributed by atoms with E-state index >= 15 is 0 Å². The second-order valence-electron chi connectivity index (χ2n) is 12.8. The summed E-state index contributed by atoms with van der Waals surface area (Å²) in [7, 11) is 0. The highest BCUT2D eigenvalue weighted by molar-refractivity contribution is 5.91. The summed E-state index contributed by atoms with van der Waals surface area (Å²) < 4.78 is 191. The van der Waals surface area contributed by atoms with Gasteiger partial charge in [0.1, 0.15) is 11.5 Å². The third kappa shape index (κ3) is 10.5. The summed E-state index contributed by atoms with van der Waals surface area (Å²) in [5.74, 6) is -43.7. The lowest BCUT2D eigenvalue weighted by Crippen LogP contribution is -2.71. The van der Waals surface area contributed by atoms with Gasteiger partial charge in [-0.1, -0.05) is 50.5 Å². The van der Waals surface area contributed by atoms with Gasteiger partial charge in [-0.3, -0.25) is 0 Å². The predicted molar refractivity (Wildman–Crippen MR) is 179 cm³/mol. The number of rotatable bonds is 20. The van der Waals surface area contributed by atoms with E-state index in [1.54, 1.807) is 36.4 Å². The van der Waals surface area contributed by atoms with Crippen LogP contribution in [0.2, 0.25) is 0 Å². The summed E-state index contributed by atoms with van der Waals surface area (Å²) in [6, 6.07) is 18.0. The lowest BCUT2D eigenvalue weighted by Gasteiger charge is -2.38. The van der Waals surface area contributed by atoms with Crippen molar-refractivity contribution in [1.82, 2.24) is 0 Å². The van der Waals surface area contributed by atoms with Crippen LogP contribution in [0.15, 0.2) is 72.8 Å². The topological polar surface area (TPSA) is 88.1 Å². The average molecular weight is 851 g/mol. The second-order valence-corrected chi connectivity index (χ2v) is 12.8. The van der Waals surface area contributed by atoms with Crippen LogP contribution in [0.1, 0.15) is 73.1 Å². The van der Waals surface area contributed by atoms with E-state index in [0.29, 0.717) is 5.56 Å².